The molecule has 0 heterocycles. The molecule has 0 aromatic carbocycles. The molecule has 6 fully saturated rings. The third kappa shape index (κ3) is 2.62. The van der Waals surface area contributed by atoms with E-state index in [9.17, 15) is 0 Å². The van der Waals surface area contributed by atoms with Crippen LogP contribution < -0.4 is 0 Å². The Hall–Kier alpha value is -0.195. The molecular weight excluding hydrogens is 311 g/mol. The summed E-state index contributed by atoms with van der Waals surface area (Å²) in [6, 6.07) is 0. The molecule has 0 spiro atoms. The first-order valence-corrected chi connectivity index (χ1v) is 11.7. The van der Waals surface area contributed by atoms with E-state index in [0.717, 1.165) is 53.9 Å². The molecular formula is C25H43B. The van der Waals surface area contributed by atoms with Gasteiger partial charge >= 0.3 is 0 Å². The second kappa shape index (κ2) is 6.15. The number of allylic oxidation sites excluding steroid dienone is 2. The summed E-state index contributed by atoms with van der Waals surface area (Å²) in [5, 5.41) is 0. The third-order valence-electron chi connectivity index (χ3n) is 10.7. The van der Waals surface area contributed by atoms with Gasteiger partial charge in [0.15, 0.2) is 6.71 Å². The minimum atomic E-state index is 0.624. The van der Waals surface area contributed by atoms with Gasteiger partial charge in [0.25, 0.3) is 0 Å². The molecule has 0 aliphatic heterocycles. The monoisotopic (exact) mass is 354 g/mol. The molecule has 6 aliphatic carbocycles. The van der Waals surface area contributed by atoms with Crippen molar-refractivity contribution in [2.24, 2.45) is 46.3 Å². The van der Waals surface area contributed by atoms with Crippen molar-refractivity contribution in [2.75, 3.05) is 0 Å². The maximum absolute atomic E-state index is 2.63. The molecule has 0 unspecified atom stereocenters. The van der Waals surface area contributed by atoms with E-state index in [0.29, 0.717) is 10.8 Å². The Kier molecular flexibility index (Phi) is 4.53. The van der Waals surface area contributed by atoms with Crippen LogP contribution in [0.4, 0.5) is 0 Å². The van der Waals surface area contributed by atoms with Gasteiger partial charge in [-0.3, -0.25) is 0 Å². The van der Waals surface area contributed by atoms with Gasteiger partial charge in [0, 0.05) is 0 Å². The fourth-order valence-corrected chi connectivity index (χ4v) is 8.55. The molecule has 0 N–H and O–H groups in total. The number of fused-ring (bicyclic) bond motifs is 4. The topological polar surface area (TPSA) is 0 Å². The van der Waals surface area contributed by atoms with Crippen molar-refractivity contribution in [1.82, 2.24) is 0 Å². The lowest BCUT2D eigenvalue weighted by molar-refractivity contribution is -0.107. The van der Waals surface area contributed by atoms with E-state index in [4.69, 9.17) is 0 Å². The van der Waals surface area contributed by atoms with Crippen LogP contribution in [0.15, 0.2) is 11.6 Å². The standard InChI is InChI=1S/C25H43B/c1-15(2)9-10-26(22-13-18-11-20(16(22)3)24(18,5)6)23-14-19-12-21(17(23)4)25(19,7)8/h9,16-23H,10-14H2,1-8H3/t16-,17-,18+,19+,20-,21-,22-,23-/m0/s1. The molecule has 0 amide bonds. The van der Waals surface area contributed by atoms with Gasteiger partial charge in [0.05, 0.1) is 0 Å². The first-order valence-electron chi connectivity index (χ1n) is 11.7. The van der Waals surface area contributed by atoms with Crippen LogP contribution in [0, 0.1) is 46.3 Å². The van der Waals surface area contributed by atoms with E-state index in [-0.39, 0.29) is 0 Å². The Labute approximate surface area is 164 Å². The lowest BCUT2D eigenvalue weighted by Crippen LogP contribution is -2.59. The highest BCUT2D eigenvalue weighted by Gasteiger charge is 2.61. The second-order valence-electron chi connectivity index (χ2n) is 12.4. The molecule has 1 heteroatoms. The van der Waals surface area contributed by atoms with Gasteiger partial charge in [-0.05, 0) is 73.0 Å². The molecule has 6 rings (SSSR count). The second-order valence-corrected chi connectivity index (χ2v) is 12.4. The molecule has 4 bridgehead atoms. The van der Waals surface area contributed by atoms with E-state index in [2.05, 4.69) is 61.5 Å². The summed E-state index contributed by atoms with van der Waals surface area (Å²) >= 11 is 0. The Bertz CT molecular complexity index is 539. The molecule has 0 aromatic heterocycles. The minimum Gasteiger partial charge on any atom is -0.0931 e. The van der Waals surface area contributed by atoms with Crippen molar-refractivity contribution in [2.45, 2.75) is 99.0 Å². The smallest absolute Gasteiger partial charge is 0.0931 e. The van der Waals surface area contributed by atoms with Gasteiger partial charge < -0.3 is 0 Å². The zero-order chi connectivity index (χ0) is 19.0. The van der Waals surface area contributed by atoms with Crippen LogP contribution in [-0.2, 0) is 0 Å². The van der Waals surface area contributed by atoms with Crippen LogP contribution in [0.2, 0.25) is 18.0 Å². The van der Waals surface area contributed by atoms with Gasteiger partial charge in [0.1, 0.15) is 0 Å². The van der Waals surface area contributed by atoms with Crippen molar-refractivity contribution in [3.05, 3.63) is 11.6 Å². The summed E-state index contributed by atoms with van der Waals surface area (Å²) in [5.74, 6) is 7.83. The normalized spacial score (nSPS) is 47.4. The highest BCUT2D eigenvalue weighted by Crippen LogP contribution is 2.69. The van der Waals surface area contributed by atoms with E-state index < -0.39 is 0 Å². The lowest BCUT2D eigenvalue weighted by Gasteiger charge is -2.66. The molecule has 0 aromatic rings. The lowest BCUT2D eigenvalue weighted by atomic mass is 9.20. The van der Waals surface area contributed by atoms with Gasteiger partial charge in [0.2, 0.25) is 0 Å². The summed E-state index contributed by atoms with van der Waals surface area (Å²) in [5.41, 5.74) is 2.77. The number of hydrogen-bond acceptors (Lipinski definition) is 0. The highest BCUT2D eigenvalue weighted by molar-refractivity contribution is 6.62. The molecule has 0 saturated heterocycles. The van der Waals surface area contributed by atoms with Gasteiger partial charge in [-0.15, -0.1) is 0 Å². The maximum Gasteiger partial charge on any atom is 0.150 e. The predicted molar refractivity (Wildman–Crippen MR) is 116 cm³/mol. The Morgan fingerprint density at radius 2 is 1.23 bits per heavy atom. The Morgan fingerprint density at radius 3 is 1.54 bits per heavy atom. The van der Waals surface area contributed by atoms with Crippen LogP contribution in [0.3, 0.4) is 0 Å². The van der Waals surface area contributed by atoms with Crippen molar-refractivity contribution >= 4 is 6.71 Å². The van der Waals surface area contributed by atoms with Crippen molar-refractivity contribution in [1.29, 1.82) is 0 Å². The number of rotatable bonds is 4. The quantitative estimate of drug-likeness (QED) is 0.360. The fraction of sp³-hybridized carbons (Fsp3) is 0.920. The fourth-order valence-electron chi connectivity index (χ4n) is 8.55. The summed E-state index contributed by atoms with van der Waals surface area (Å²) in [7, 11) is 0. The Balaban J connectivity index is 1.57. The number of hydrogen-bond donors (Lipinski definition) is 0. The molecule has 6 aliphatic rings. The van der Waals surface area contributed by atoms with Crippen molar-refractivity contribution in [3.8, 4) is 0 Å². The van der Waals surface area contributed by atoms with E-state index in [1.807, 2.05) is 0 Å². The Morgan fingerprint density at radius 1 is 0.808 bits per heavy atom. The van der Waals surface area contributed by atoms with Crippen molar-refractivity contribution in [3.63, 3.8) is 0 Å². The first kappa shape index (κ1) is 19.1. The van der Waals surface area contributed by atoms with Gasteiger partial charge in [-0.2, -0.15) is 0 Å². The zero-order valence-electron chi connectivity index (χ0n) is 18.8. The average Bonchev–Trinajstić information content (AvgIpc) is 2.55. The van der Waals surface area contributed by atoms with Crippen LogP contribution in [-0.4, -0.2) is 6.71 Å². The highest BCUT2D eigenvalue weighted by atomic mass is 14.6. The molecule has 146 valence electrons. The van der Waals surface area contributed by atoms with Crippen LogP contribution >= 0.6 is 0 Å². The van der Waals surface area contributed by atoms with E-state index in [1.54, 1.807) is 0 Å². The summed E-state index contributed by atoms with van der Waals surface area (Å²) < 4.78 is 0. The van der Waals surface area contributed by atoms with E-state index in [1.165, 1.54) is 37.6 Å². The largest absolute Gasteiger partial charge is 0.150 e. The molecule has 0 radical (unpaired) electrons. The molecule has 26 heavy (non-hydrogen) atoms. The van der Waals surface area contributed by atoms with Crippen LogP contribution in [0.25, 0.3) is 0 Å². The molecule has 8 atom stereocenters. The summed E-state index contributed by atoms with van der Waals surface area (Å²) in [6.07, 6.45) is 10.0. The maximum atomic E-state index is 2.63. The molecule has 0 nitrogen and oxygen atoms in total. The van der Waals surface area contributed by atoms with Crippen molar-refractivity contribution < 1.29 is 0 Å². The van der Waals surface area contributed by atoms with Gasteiger partial charge in [-0.25, -0.2) is 0 Å². The summed E-state index contributed by atoms with van der Waals surface area (Å²) in [4.78, 5) is 0. The minimum absolute atomic E-state index is 0.624. The van der Waals surface area contributed by atoms with Crippen LogP contribution in [0.1, 0.15) is 81.1 Å². The van der Waals surface area contributed by atoms with E-state index >= 15 is 0 Å². The zero-order valence-corrected chi connectivity index (χ0v) is 18.8. The predicted octanol–water partition coefficient (Wildman–Crippen LogP) is 7.59. The molecule has 6 saturated carbocycles. The summed E-state index contributed by atoms with van der Waals surface area (Å²) in [6.45, 7) is 21.0. The van der Waals surface area contributed by atoms with Gasteiger partial charge in [-0.1, -0.05) is 84.0 Å². The van der Waals surface area contributed by atoms with Crippen LogP contribution in [0.5, 0.6) is 0 Å². The average molecular weight is 354 g/mol. The SMILES string of the molecule is CC(C)=CCB([C@H]1C[C@H]2C[C@@H]([C@@H]1C)C2(C)C)[C@H]1C[C@H]2C[C@@H]([C@@H]1C)C2(C)C. The first-order chi connectivity index (χ1) is 12.0. The third-order valence-corrected chi connectivity index (χ3v) is 10.7.